The molecular formula is C20H23F2N4S+. The third kappa shape index (κ3) is 4.43. The van der Waals surface area contributed by atoms with E-state index in [4.69, 9.17) is 0 Å². The molecule has 1 atom stereocenters. The quantitative estimate of drug-likeness (QED) is 0.708. The van der Waals surface area contributed by atoms with Gasteiger partial charge >= 0.3 is 0 Å². The number of aliphatic imine (C=N–C) groups is 1. The maximum Gasteiger partial charge on any atom is 0.201 e. The predicted molar refractivity (Wildman–Crippen MR) is 105 cm³/mol. The Morgan fingerprint density at radius 1 is 1.11 bits per heavy atom. The van der Waals surface area contributed by atoms with E-state index in [1.165, 1.54) is 23.9 Å². The highest BCUT2D eigenvalue weighted by molar-refractivity contribution is 8.02. The van der Waals surface area contributed by atoms with Crippen molar-refractivity contribution in [3.8, 4) is 0 Å². The molecule has 0 radical (unpaired) electrons. The van der Waals surface area contributed by atoms with Gasteiger partial charge < -0.3 is 0 Å². The van der Waals surface area contributed by atoms with Gasteiger partial charge in [0, 0.05) is 34.8 Å². The van der Waals surface area contributed by atoms with Crippen LogP contribution in [0.15, 0.2) is 63.3 Å². The fourth-order valence-corrected chi connectivity index (χ4v) is 4.44. The maximum atomic E-state index is 13.7. The van der Waals surface area contributed by atoms with Crippen LogP contribution in [0.1, 0.15) is 19.4 Å². The molecule has 1 aromatic heterocycles. The molecule has 0 fully saturated rings. The van der Waals surface area contributed by atoms with E-state index in [0.717, 1.165) is 22.4 Å². The lowest BCUT2D eigenvalue weighted by Crippen LogP contribution is -2.48. The van der Waals surface area contributed by atoms with Crippen LogP contribution in [0.4, 0.5) is 8.78 Å². The lowest BCUT2D eigenvalue weighted by atomic mass is 10.1. The number of benzene rings is 1. The highest BCUT2D eigenvalue weighted by Crippen LogP contribution is 2.42. The zero-order valence-corrected chi connectivity index (χ0v) is 16.4. The van der Waals surface area contributed by atoms with Crippen molar-refractivity contribution in [2.24, 2.45) is 10.9 Å². The summed E-state index contributed by atoms with van der Waals surface area (Å²) in [6, 6.07) is 7.55. The van der Waals surface area contributed by atoms with Gasteiger partial charge in [-0.3, -0.25) is 10.3 Å². The first-order chi connectivity index (χ1) is 12.9. The summed E-state index contributed by atoms with van der Waals surface area (Å²) in [6.45, 7) is 5.43. The number of thioether (sulfide) groups is 1. The molecule has 1 aromatic carbocycles. The summed E-state index contributed by atoms with van der Waals surface area (Å²) < 4.78 is 27.9. The molecule has 4 nitrogen and oxygen atoms in total. The minimum Gasteiger partial charge on any atom is -0.273 e. The number of nitrogens with one attached hydrogen (secondary N) is 1. The molecule has 2 aromatic rings. The molecule has 0 saturated heterocycles. The number of halogens is 2. The summed E-state index contributed by atoms with van der Waals surface area (Å²) in [4.78, 5) is 9.30. The fourth-order valence-electron chi connectivity index (χ4n) is 3.12. The van der Waals surface area contributed by atoms with Crippen LogP contribution in [0.3, 0.4) is 0 Å². The normalized spacial score (nSPS) is 19.3. The summed E-state index contributed by atoms with van der Waals surface area (Å²) in [5.74, 6) is -0.968. The van der Waals surface area contributed by atoms with E-state index in [1.54, 1.807) is 12.4 Å². The van der Waals surface area contributed by atoms with Gasteiger partial charge in [0.25, 0.3) is 0 Å². The summed E-state index contributed by atoms with van der Waals surface area (Å²) in [5.41, 5.74) is 2.05. The van der Waals surface area contributed by atoms with Crippen LogP contribution >= 0.6 is 11.8 Å². The van der Waals surface area contributed by atoms with Crippen molar-refractivity contribution in [3.63, 3.8) is 0 Å². The Balaban J connectivity index is 2.04. The number of hydrogen-bond acceptors (Lipinski definition) is 4. The Labute approximate surface area is 162 Å². The first kappa shape index (κ1) is 19.7. The minimum absolute atomic E-state index is 0.191. The second-order valence-electron chi connectivity index (χ2n) is 6.86. The predicted octanol–water partition coefficient (Wildman–Crippen LogP) is 4.51. The third-order valence-electron chi connectivity index (χ3n) is 4.29. The molecule has 142 valence electrons. The molecule has 1 N–H and O–H groups in total. The summed E-state index contributed by atoms with van der Waals surface area (Å²) >= 11 is 1.37. The monoisotopic (exact) mass is 389 g/mol. The SMILES string of the molecule is CNC[N+]1(Cc2ccncc2)C=NC(C(C)C)=C1Sc1cc(F)cc(F)c1. The fraction of sp³-hybridized carbons (Fsp3) is 0.300. The molecule has 0 aliphatic carbocycles. The van der Waals surface area contributed by atoms with Gasteiger partial charge in [-0.1, -0.05) is 13.8 Å². The summed E-state index contributed by atoms with van der Waals surface area (Å²) in [5, 5.41) is 4.21. The second-order valence-corrected chi connectivity index (χ2v) is 7.92. The minimum atomic E-state index is -0.580. The zero-order chi connectivity index (χ0) is 19.4. The Morgan fingerprint density at radius 3 is 2.37 bits per heavy atom. The van der Waals surface area contributed by atoms with E-state index in [-0.39, 0.29) is 5.92 Å². The van der Waals surface area contributed by atoms with Gasteiger partial charge in [-0.25, -0.2) is 18.3 Å². The summed E-state index contributed by atoms with van der Waals surface area (Å²) in [7, 11) is 1.89. The molecule has 7 heteroatoms. The molecule has 0 spiro atoms. The Bertz CT molecular complexity index is 847. The maximum absolute atomic E-state index is 13.7. The van der Waals surface area contributed by atoms with Crippen LogP contribution in [0.5, 0.6) is 0 Å². The standard InChI is InChI=1S/C20H23F2N4S/c1-14(2)19-20(27-18-9-16(21)8-17(22)10-18)26(12-23-3,13-25-19)11-15-4-6-24-7-5-15/h4-10,13-14,23H,11-12H2,1-3H3/q+1. The van der Waals surface area contributed by atoms with Crippen molar-refractivity contribution in [2.45, 2.75) is 25.3 Å². The molecule has 3 rings (SSSR count). The van der Waals surface area contributed by atoms with Gasteiger partial charge in [-0.2, -0.15) is 0 Å². The second kappa shape index (κ2) is 8.29. The van der Waals surface area contributed by atoms with Crippen molar-refractivity contribution in [2.75, 3.05) is 13.7 Å². The van der Waals surface area contributed by atoms with Gasteiger partial charge in [0.05, 0.1) is 0 Å². The number of allylic oxidation sites excluding steroid dienone is 1. The van der Waals surface area contributed by atoms with E-state index >= 15 is 0 Å². The van der Waals surface area contributed by atoms with Crippen LogP contribution in [0, 0.1) is 17.6 Å². The molecule has 27 heavy (non-hydrogen) atoms. The number of quaternary nitrogens is 1. The number of aromatic nitrogens is 1. The number of pyridine rings is 1. The number of nitrogens with zero attached hydrogens (tertiary/aromatic N) is 3. The average Bonchev–Trinajstić information content (AvgIpc) is 2.93. The first-order valence-corrected chi connectivity index (χ1v) is 9.59. The Hall–Kier alpha value is -2.09. The van der Waals surface area contributed by atoms with Crippen molar-refractivity contribution in [1.82, 2.24) is 10.3 Å². The Kier molecular flexibility index (Phi) is 6.04. The van der Waals surface area contributed by atoms with Crippen molar-refractivity contribution < 1.29 is 13.3 Å². The van der Waals surface area contributed by atoms with Gasteiger partial charge in [-0.15, -0.1) is 0 Å². The van der Waals surface area contributed by atoms with Gasteiger partial charge in [0.1, 0.15) is 30.5 Å². The van der Waals surface area contributed by atoms with Gasteiger partial charge in [0.2, 0.25) is 5.03 Å². The largest absolute Gasteiger partial charge is 0.273 e. The van der Waals surface area contributed by atoms with E-state index in [9.17, 15) is 8.78 Å². The third-order valence-corrected chi connectivity index (χ3v) is 5.53. The molecule has 0 bridgehead atoms. The van der Waals surface area contributed by atoms with Gasteiger partial charge in [-0.05, 0) is 43.1 Å². The lowest BCUT2D eigenvalue weighted by molar-refractivity contribution is -0.802. The number of rotatable bonds is 7. The van der Waals surface area contributed by atoms with E-state index in [0.29, 0.717) is 22.6 Å². The smallest absolute Gasteiger partial charge is 0.201 e. The molecule has 0 saturated carbocycles. The van der Waals surface area contributed by atoms with Crippen LogP contribution < -0.4 is 5.32 Å². The van der Waals surface area contributed by atoms with Crippen LogP contribution in [-0.2, 0) is 6.54 Å². The number of hydrogen-bond donors (Lipinski definition) is 1. The van der Waals surface area contributed by atoms with E-state index < -0.39 is 11.6 Å². The van der Waals surface area contributed by atoms with Crippen LogP contribution in [0.2, 0.25) is 0 Å². The van der Waals surface area contributed by atoms with Crippen molar-refractivity contribution in [3.05, 3.63) is 70.6 Å². The highest BCUT2D eigenvalue weighted by atomic mass is 32.2. The molecule has 1 aliphatic rings. The van der Waals surface area contributed by atoms with E-state index in [1.807, 2.05) is 25.5 Å². The molecule has 1 unspecified atom stereocenters. The van der Waals surface area contributed by atoms with Crippen LogP contribution in [-0.4, -0.2) is 29.5 Å². The zero-order valence-electron chi connectivity index (χ0n) is 15.6. The van der Waals surface area contributed by atoms with Gasteiger partial charge in [0.15, 0.2) is 6.34 Å². The summed E-state index contributed by atoms with van der Waals surface area (Å²) in [6.07, 6.45) is 5.45. The van der Waals surface area contributed by atoms with Crippen molar-refractivity contribution >= 4 is 18.1 Å². The van der Waals surface area contributed by atoms with Crippen molar-refractivity contribution in [1.29, 1.82) is 0 Å². The highest BCUT2D eigenvalue weighted by Gasteiger charge is 2.40. The van der Waals surface area contributed by atoms with E-state index in [2.05, 4.69) is 29.1 Å². The first-order valence-electron chi connectivity index (χ1n) is 8.78. The topological polar surface area (TPSA) is 37.3 Å². The Morgan fingerprint density at radius 2 is 1.78 bits per heavy atom. The molecular weight excluding hydrogens is 366 g/mol. The molecule has 2 heterocycles. The van der Waals surface area contributed by atoms with Crippen LogP contribution in [0.25, 0.3) is 0 Å². The molecule has 0 amide bonds. The molecule has 1 aliphatic heterocycles. The average molecular weight is 389 g/mol. The lowest BCUT2D eigenvalue weighted by Gasteiger charge is -2.32.